The predicted octanol–water partition coefficient (Wildman–Crippen LogP) is 2.44. The van der Waals surface area contributed by atoms with Crippen molar-refractivity contribution in [1.82, 2.24) is 0 Å². The summed E-state index contributed by atoms with van der Waals surface area (Å²) in [7, 11) is 1.64. The van der Waals surface area contributed by atoms with Crippen LogP contribution in [0.25, 0.3) is 10.8 Å². The molecule has 0 heterocycles. The summed E-state index contributed by atoms with van der Waals surface area (Å²) in [4.78, 5) is 11.1. The van der Waals surface area contributed by atoms with Gasteiger partial charge in [0.2, 0.25) is 5.91 Å². The molecule has 0 spiro atoms. The smallest absolute Gasteiger partial charge is 0.224 e. The summed E-state index contributed by atoms with van der Waals surface area (Å²) in [5.74, 6) is 0.257. The average molecular weight is 229 g/mol. The lowest BCUT2D eigenvalue weighted by atomic mass is 9.97. The third-order valence-corrected chi connectivity index (χ3v) is 3.00. The summed E-state index contributed by atoms with van der Waals surface area (Å²) in [6.45, 7) is 1.81. The Labute approximate surface area is 100 Å². The zero-order valence-electron chi connectivity index (χ0n) is 9.94. The fourth-order valence-corrected chi connectivity index (χ4v) is 1.80. The summed E-state index contributed by atoms with van der Waals surface area (Å²) in [6, 6.07) is 11.7. The molecule has 0 aliphatic heterocycles. The van der Waals surface area contributed by atoms with Crippen LogP contribution in [0.2, 0.25) is 0 Å². The molecule has 0 fully saturated rings. The molecule has 0 aliphatic rings. The van der Waals surface area contributed by atoms with Crippen molar-refractivity contribution in [3.8, 4) is 5.75 Å². The van der Waals surface area contributed by atoms with Gasteiger partial charge in [0.05, 0.1) is 13.0 Å². The SMILES string of the molecule is COc1ccc2cc([C@H](C)C(N)=O)ccc2c1. The van der Waals surface area contributed by atoms with E-state index in [0.717, 1.165) is 22.1 Å². The van der Waals surface area contributed by atoms with Gasteiger partial charge in [0.25, 0.3) is 0 Å². The standard InChI is InChI=1S/C14H15NO2/c1-9(14(15)16)10-3-4-12-8-13(17-2)6-5-11(12)7-10/h3-9H,1-2H3,(H2,15,16)/t9-/m0/s1. The Morgan fingerprint density at radius 1 is 1.18 bits per heavy atom. The van der Waals surface area contributed by atoms with E-state index in [4.69, 9.17) is 10.5 Å². The minimum absolute atomic E-state index is 0.262. The third kappa shape index (κ3) is 2.23. The molecule has 0 bridgehead atoms. The van der Waals surface area contributed by atoms with Gasteiger partial charge in [0, 0.05) is 0 Å². The maximum absolute atomic E-state index is 11.1. The molecule has 2 aromatic rings. The van der Waals surface area contributed by atoms with Crippen LogP contribution >= 0.6 is 0 Å². The normalized spacial score (nSPS) is 12.4. The second kappa shape index (κ2) is 4.45. The molecule has 0 saturated carbocycles. The summed E-state index contributed by atoms with van der Waals surface area (Å²) >= 11 is 0. The first-order valence-electron chi connectivity index (χ1n) is 5.49. The molecule has 3 nitrogen and oxygen atoms in total. The van der Waals surface area contributed by atoms with Crippen molar-refractivity contribution in [2.45, 2.75) is 12.8 Å². The number of nitrogens with two attached hydrogens (primary N) is 1. The van der Waals surface area contributed by atoms with E-state index in [0.29, 0.717) is 0 Å². The second-order valence-corrected chi connectivity index (χ2v) is 4.10. The number of carbonyl (C=O) groups is 1. The van der Waals surface area contributed by atoms with Crippen molar-refractivity contribution in [2.75, 3.05) is 7.11 Å². The highest BCUT2D eigenvalue weighted by Gasteiger charge is 2.11. The second-order valence-electron chi connectivity index (χ2n) is 4.10. The number of carbonyl (C=O) groups excluding carboxylic acids is 1. The van der Waals surface area contributed by atoms with Crippen LogP contribution < -0.4 is 10.5 Å². The van der Waals surface area contributed by atoms with Crippen LogP contribution in [0.15, 0.2) is 36.4 Å². The van der Waals surface area contributed by atoms with Crippen molar-refractivity contribution in [2.24, 2.45) is 5.73 Å². The van der Waals surface area contributed by atoms with Gasteiger partial charge in [-0.15, -0.1) is 0 Å². The van der Waals surface area contributed by atoms with E-state index < -0.39 is 0 Å². The van der Waals surface area contributed by atoms with E-state index in [-0.39, 0.29) is 11.8 Å². The van der Waals surface area contributed by atoms with E-state index in [2.05, 4.69) is 0 Å². The molecule has 3 heteroatoms. The maximum atomic E-state index is 11.1. The highest BCUT2D eigenvalue weighted by molar-refractivity contribution is 5.87. The molecule has 0 radical (unpaired) electrons. The predicted molar refractivity (Wildman–Crippen MR) is 68.1 cm³/mol. The zero-order valence-corrected chi connectivity index (χ0v) is 9.94. The van der Waals surface area contributed by atoms with Crippen LogP contribution in [-0.2, 0) is 4.79 Å². The van der Waals surface area contributed by atoms with Crippen LogP contribution in [0.1, 0.15) is 18.4 Å². The van der Waals surface area contributed by atoms with Gasteiger partial charge in [-0.3, -0.25) is 4.79 Å². The Hall–Kier alpha value is -2.03. The minimum Gasteiger partial charge on any atom is -0.497 e. The molecule has 17 heavy (non-hydrogen) atoms. The topological polar surface area (TPSA) is 52.3 Å². The molecule has 1 atom stereocenters. The summed E-state index contributed by atoms with van der Waals surface area (Å²) in [5, 5.41) is 2.17. The average Bonchev–Trinajstić information content (AvgIpc) is 2.36. The first kappa shape index (κ1) is 11.5. The number of amides is 1. The molecule has 1 amide bonds. The van der Waals surface area contributed by atoms with Gasteiger partial charge in [0.15, 0.2) is 0 Å². The number of primary amides is 1. The number of hydrogen-bond donors (Lipinski definition) is 1. The van der Waals surface area contributed by atoms with Crippen LogP contribution in [0.5, 0.6) is 5.75 Å². The fourth-order valence-electron chi connectivity index (χ4n) is 1.80. The van der Waals surface area contributed by atoms with Gasteiger partial charge in [0.1, 0.15) is 5.75 Å². The van der Waals surface area contributed by atoms with Crippen LogP contribution in [0, 0.1) is 0 Å². The Balaban J connectivity index is 2.48. The summed E-state index contributed by atoms with van der Waals surface area (Å²) in [6.07, 6.45) is 0. The molecule has 0 aliphatic carbocycles. The first-order valence-corrected chi connectivity index (χ1v) is 5.49. The van der Waals surface area contributed by atoms with E-state index >= 15 is 0 Å². The van der Waals surface area contributed by atoms with Gasteiger partial charge in [-0.2, -0.15) is 0 Å². The number of rotatable bonds is 3. The quantitative estimate of drug-likeness (QED) is 0.878. The maximum Gasteiger partial charge on any atom is 0.224 e. The van der Waals surface area contributed by atoms with Crippen molar-refractivity contribution in [3.05, 3.63) is 42.0 Å². The number of benzene rings is 2. The van der Waals surface area contributed by atoms with E-state index in [1.165, 1.54) is 0 Å². The minimum atomic E-state index is -0.308. The van der Waals surface area contributed by atoms with Crippen molar-refractivity contribution >= 4 is 16.7 Å². The van der Waals surface area contributed by atoms with E-state index in [9.17, 15) is 4.79 Å². The Morgan fingerprint density at radius 2 is 1.82 bits per heavy atom. The van der Waals surface area contributed by atoms with Crippen LogP contribution in [0.3, 0.4) is 0 Å². The Kier molecular flexibility index (Phi) is 3.00. The molecule has 0 aromatic heterocycles. The molecule has 2 N–H and O–H groups in total. The molecular formula is C14H15NO2. The molecule has 2 rings (SSSR count). The Bertz CT molecular complexity index is 563. The van der Waals surface area contributed by atoms with Crippen molar-refractivity contribution in [1.29, 1.82) is 0 Å². The number of methoxy groups -OCH3 is 1. The fraction of sp³-hybridized carbons (Fsp3) is 0.214. The van der Waals surface area contributed by atoms with Gasteiger partial charge in [-0.25, -0.2) is 0 Å². The lowest BCUT2D eigenvalue weighted by Crippen LogP contribution is -2.18. The first-order chi connectivity index (χ1) is 8.11. The highest BCUT2D eigenvalue weighted by Crippen LogP contribution is 2.24. The van der Waals surface area contributed by atoms with Gasteiger partial charge in [-0.05, 0) is 35.4 Å². The summed E-state index contributed by atoms with van der Waals surface area (Å²) < 4.78 is 5.16. The third-order valence-electron chi connectivity index (χ3n) is 3.00. The largest absolute Gasteiger partial charge is 0.497 e. The highest BCUT2D eigenvalue weighted by atomic mass is 16.5. The molecule has 0 saturated heterocycles. The van der Waals surface area contributed by atoms with Gasteiger partial charge in [-0.1, -0.05) is 24.3 Å². The lowest BCUT2D eigenvalue weighted by molar-refractivity contribution is -0.119. The molecule has 0 unspecified atom stereocenters. The van der Waals surface area contributed by atoms with E-state index in [1.807, 2.05) is 43.3 Å². The van der Waals surface area contributed by atoms with Crippen molar-refractivity contribution < 1.29 is 9.53 Å². The van der Waals surface area contributed by atoms with Crippen LogP contribution in [-0.4, -0.2) is 13.0 Å². The number of hydrogen-bond acceptors (Lipinski definition) is 2. The monoisotopic (exact) mass is 229 g/mol. The zero-order chi connectivity index (χ0) is 12.4. The van der Waals surface area contributed by atoms with Gasteiger partial charge < -0.3 is 10.5 Å². The van der Waals surface area contributed by atoms with Gasteiger partial charge >= 0.3 is 0 Å². The van der Waals surface area contributed by atoms with Crippen molar-refractivity contribution in [3.63, 3.8) is 0 Å². The molecule has 88 valence electrons. The Morgan fingerprint density at radius 3 is 2.47 bits per heavy atom. The number of ether oxygens (including phenoxy) is 1. The molecular weight excluding hydrogens is 214 g/mol. The van der Waals surface area contributed by atoms with Crippen LogP contribution in [0.4, 0.5) is 0 Å². The molecule has 2 aromatic carbocycles. The summed E-state index contributed by atoms with van der Waals surface area (Å²) in [5.41, 5.74) is 6.24. The lowest BCUT2D eigenvalue weighted by Gasteiger charge is -2.09. The van der Waals surface area contributed by atoms with E-state index in [1.54, 1.807) is 7.11 Å². The number of fused-ring (bicyclic) bond motifs is 1.